The van der Waals surface area contributed by atoms with Crippen molar-refractivity contribution in [2.45, 2.75) is 19.6 Å². The molecule has 0 fully saturated rings. The summed E-state index contributed by atoms with van der Waals surface area (Å²) < 4.78 is 38.1. The number of aromatic carboxylic acids is 1. The molecule has 0 saturated carbocycles. The second-order valence-electron chi connectivity index (χ2n) is 6.94. The van der Waals surface area contributed by atoms with E-state index in [4.69, 9.17) is 15.6 Å². The van der Waals surface area contributed by atoms with Crippen LogP contribution in [0.25, 0.3) is 16.2 Å². The number of primary amides is 1. The third-order valence-electron chi connectivity index (χ3n) is 4.81. The first-order chi connectivity index (χ1) is 15.7. The molecular weight excluding hydrogens is 456 g/mol. The van der Waals surface area contributed by atoms with Crippen molar-refractivity contribution in [2.75, 3.05) is 0 Å². The van der Waals surface area contributed by atoms with Gasteiger partial charge in [-0.15, -0.1) is 11.3 Å². The van der Waals surface area contributed by atoms with Crippen LogP contribution in [0.1, 0.15) is 38.6 Å². The van der Waals surface area contributed by atoms with E-state index in [-0.39, 0.29) is 27.5 Å². The van der Waals surface area contributed by atoms with Crippen molar-refractivity contribution in [2.24, 2.45) is 5.73 Å². The second kappa shape index (κ2) is 8.87. The zero-order chi connectivity index (χ0) is 23.7. The van der Waals surface area contributed by atoms with Gasteiger partial charge in [-0.25, -0.2) is 9.78 Å². The van der Waals surface area contributed by atoms with Crippen molar-refractivity contribution in [3.8, 4) is 22.1 Å². The highest BCUT2D eigenvalue weighted by molar-refractivity contribution is 7.17. The van der Waals surface area contributed by atoms with Crippen LogP contribution in [0.5, 0.6) is 11.5 Å². The molecule has 3 N–H and O–H groups in total. The number of pyridine rings is 1. The van der Waals surface area contributed by atoms with E-state index in [1.165, 1.54) is 12.1 Å². The third-order valence-corrected chi connectivity index (χ3v) is 5.96. The summed E-state index contributed by atoms with van der Waals surface area (Å²) >= 11 is 1.11. The maximum Gasteiger partial charge on any atom is 0.387 e. The normalized spacial score (nSPS) is 12.1. The van der Waals surface area contributed by atoms with Gasteiger partial charge < -0.3 is 20.3 Å². The first-order valence-corrected chi connectivity index (χ1v) is 10.4. The summed E-state index contributed by atoms with van der Waals surface area (Å²) in [4.78, 5) is 28.4. The molecule has 33 heavy (non-hydrogen) atoms. The average molecular weight is 473 g/mol. The topological polar surface area (TPSA) is 116 Å². The van der Waals surface area contributed by atoms with E-state index < -0.39 is 24.6 Å². The lowest BCUT2D eigenvalue weighted by Crippen LogP contribution is -2.13. The van der Waals surface area contributed by atoms with Crippen LogP contribution in [0, 0.1) is 0 Å². The highest BCUT2D eigenvalue weighted by atomic mass is 32.1. The lowest BCUT2D eigenvalue weighted by molar-refractivity contribution is -0.0513. The summed E-state index contributed by atoms with van der Waals surface area (Å²) in [5, 5.41) is 9.14. The number of nitrogens with zero attached hydrogens (tertiary/aromatic N) is 2. The number of ether oxygens (including phenoxy) is 2. The molecule has 0 unspecified atom stereocenters. The minimum Gasteiger partial charge on any atom is -0.484 e. The highest BCUT2D eigenvalue weighted by Crippen LogP contribution is 2.39. The Morgan fingerprint density at radius 2 is 1.94 bits per heavy atom. The van der Waals surface area contributed by atoms with Gasteiger partial charge in [0, 0.05) is 17.8 Å². The van der Waals surface area contributed by atoms with Crippen LogP contribution in [-0.2, 0) is 0 Å². The molecule has 170 valence electrons. The molecule has 0 aliphatic rings. The summed E-state index contributed by atoms with van der Waals surface area (Å²) in [5.74, 6) is -2.19. The average Bonchev–Trinajstić information content (AvgIpc) is 3.37. The maximum atomic E-state index is 12.9. The number of alkyl halides is 2. The fourth-order valence-corrected chi connectivity index (χ4v) is 4.28. The minimum absolute atomic E-state index is 0.140. The van der Waals surface area contributed by atoms with Crippen molar-refractivity contribution in [1.29, 1.82) is 0 Å². The molecule has 11 heteroatoms. The monoisotopic (exact) mass is 473 g/mol. The SMILES string of the molecule is C[C@@H](Oc1cc(-c2cnc3ccccn23)sc1C(N)=O)c1ccc(C(=O)O)cc1OC(F)F. The van der Waals surface area contributed by atoms with Crippen molar-refractivity contribution in [1.82, 2.24) is 9.38 Å². The standard InChI is InChI=1S/C22H17F2N3O5S/c1-11(13-6-5-12(21(29)30)8-15(13)32-22(23)24)31-16-9-17(33-19(16)20(25)28)14-10-26-18-4-2-3-7-27(14)18/h2-11,22H,1H3,(H2,25,28)(H,29,30)/t11-/m1/s1. The Kier molecular flexibility index (Phi) is 5.97. The highest BCUT2D eigenvalue weighted by Gasteiger charge is 2.23. The van der Waals surface area contributed by atoms with E-state index in [1.807, 2.05) is 28.8 Å². The minimum atomic E-state index is -3.16. The van der Waals surface area contributed by atoms with Crippen LogP contribution in [0.4, 0.5) is 8.78 Å². The molecule has 4 rings (SSSR count). The van der Waals surface area contributed by atoms with E-state index in [2.05, 4.69) is 9.72 Å². The third kappa shape index (κ3) is 4.48. The zero-order valence-corrected chi connectivity index (χ0v) is 17.9. The van der Waals surface area contributed by atoms with Crippen molar-refractivity contribution < 1.29 is 33.0 Å². The molecular formula is C22H17F2N3O5S. The Balaban J connectivity index is 1.70. The van der Waals surface area contributed by atoms with Gasteiger partial charge in [0.05, 0.1) is 22.3 Å². The number of carboxylic acid groups (broad SMARTS) is 1. The number of halogens is 2. The molecule has 1 amide bonds. The molecule has 0 radical (unpaired) electrons. The predicted octanol–water partition coefficient (Wildman–Crippen LogP) is 4.60. The number of amides is 1. The molecule has 0 aliphatic carbocycles. The number of aromatic nitrogens is 2. The summed E-state index contributed by atoms with van der Waals surface area (Å²) in [6, 6.07) is 10.7. The van der Waals surface area contributed by atoms with Gasteiger partial charge in [-0.05, 0) is 31.2 Å². The lowest BCUT2D eigenvalue weighted by atomic mass is 10.1. The molecule has 8 nitrogen and oxygen atoms in total. The number of carboxylic acids is 1. The number of nitrogens with two attached hydrogens (primary N) is 1. The lowest BCUT2D eigenvalue weighted by Gasteiger charge is -2.19. The number of benzene rings is 1. The molecule has 0 saturated heterocycles. The molecule has 0 bridgehead atoms. The number of carbonyl (C=O) groups excluding carboxylic acids is 1. The quantitative estimate of drug-likeness (QED) is 0.386. The number of carbonyl (C=O) groups is 2. The number of imidazole rings is 1. The number of rotatable bonds is 8. The maximum absolute atomic E-state index is 12.9. The Bertz CT molecular complexity index is 1350. The van der Waals surface area contributed by atoms with Crippen LogP contribution >= 0.6 is 11.3 Å². The van der Waals surface area contributed by atoms with Crippen molar-refractivity contribution in [3.63, 3.8) is 0 Å². The van der Waals surface area contributed by atoms with Gasteiger partial charge in [0.15, 0.2) is 0 Å². The molecule has 3 heterocycles. The Hall–Kier alpha value is -3.99. The van der Waals surface area contributed by atoms with Crippen LogP contribution in [0.3, 0.4) is 0 Å². The van der Waals surface area contributed by atoms with Gasteiger partial charge in [-0.2, -0.15) is 8.78 Å². The van der Waals surface area contributed by atoms with Gasteiger partial charge >= 0.3 is 12.6 Å². The van der Waals surface area contributed by atoms with Gasteiger partial charge in [0.1, 0.15) is 28.1 Å². The molecule has 4 aromatic rings. The fourth-order valence-electron chi connectivity index (χ4n) is 3.33. The van der Waals surface area contributed by atoms with Gasteiger partial charge in [0.25, 0.3) is 5.91 Å². The van der Waals surface area contributed by atoms with Crippen LogP contribution in [0.2, 0.25) is 0 Å². The zero-order valence-electron chi connectivity index (χ0n) is 17.1. The van der Waals surface area contributed by atoms with Crippen molar-refractivity contribution >= 4 is 28.9 Å². The number of hydrogen-bond donors (Lipinski definition) is 2. The van der Waals surface area contributed by atoms with Gasteiger partial charge in [-0.1, -0.05) is 12.1 Å². The fraction of sp³-hybridized carbons (Fsp3) is 0.136. The molecule has 0 aliphatic heterocycles. The Labute approximate surface area is 189 Å². The smallest absolute Gasteiger partial charge is 0.387 e. The van der Waals surface area contributed by atoms with Crippen molar-refractivity contribution in [3.05, 3.63) is 70.9 Å². The van der Waals surface area contributed by atoms with Crippen LogP contribution in [-0.4, -0.2) is 33.0 Å². The molecule has 0 spiro atoms. The molecule has 3 aromatic heterocycles. The summed E-state index contributed by atoms with van der Waals surface area (Å²) in [5.41, 5.74) is 6.93. The van der Waals surface area contributed by atoms with E-state index in [9.17, 15) is 18.4 Å². The summed E-state index contributed by atoms with van der Waals surface area (Å²) in [6.45, 7) is -1.60. The van der Waals surface area contributed by atoms with E-state index in [0.29, 0.717) is 16.2 Å². The van der Waals surface area contributed by atoms with E-state index >= 15 is 0 Å². The number of hydrogen-bond acceptors (Lipinski definition) is 6. The molecule has 1 aromatic carbocycles. The first kappa shape index (κ1) is 22.2. The largest absolute Gasteiger partial charge is 0.484 e. The Morgan fingerprint density at radius 3 is 2.64 bits per heavy atom. The predicted molar refractivity (Wildman–Crippen MR) is 116 cm³/mol. The number of fused-ring (bicyclic) bond motifs is 1. The van der Waals surface area contributed by atoms with E-state index in [1.54, 1.807) is 19.2 Å². The van der Waals surface area contributed by atoms with E-state index in [0.717, 1.165) is 17.4 Å². The first-order valence-electron chi connectivity index (χ1n) is 9.59. The molecule has 1 atom stereocenters. The summed E-state index contributed by atoms with van der Waals surface area (Å²) in [7, 11) is 0. The second-order valence-corrected chi connectivity index (χ2v) is 7.99. The number of thiophene rings is 1. The van der Waals surface area contributed by atoms with Crippen LogP contribution < -0.4 is 15.2 Å². The Morgan fingerprint density at radius 1 is 1.15 bits per heavy atom. The van der Waals surface area contributed by atoms with Crippen LogP contribution in [0.15, 0.2) is 54.9 Å². The van der Waals surface area contributed by atoms with Gasteiger partial charge in [-0.3, -0.25) is 9.20 Å². The summed E-state index contributed by atoms with van der Waals surface area (Å²) in [6.07, 6.45) is 2.60. The van der Waals surface area contributed by atoms with Gasteiger partial charge in [0.2, 0.25) is 0 Å².